The Labute approximate surface area is 106 Å². The molecule has 0 aliphatic carbocycles. The molecule has 0 radical (unpaired) electrons. The quantitative estimate of drug-likeness (QED) is 0.862. The molecule has 0 atom stereocenters. The topological polar surface area (TPSA) is 75.0 Å². The van der Waals surface area contributed by atoms with Crippen molar-refractivity contribution in [1.82, 2.24) is 10.3 Å². The van der Waals surface area contributed by atoms with Gasteiger partial charge in [-0.05, 0) is 24.5 Å². The second-order valence-electron chi connectivity index (χ2n) is 4.35. The average Bonchev–Trinajstić information content (AvgIpc) is 2.46. The molecule has 1 aliphatic rings. The van der Waals surface area contributed by atoms with Gasteiger partial charge in [-0.25, -0.2) is 0 Å². The lowest BCUT2D eigenvalue weighted by atomic mass is 9.81. The van der Waals surface area contributed by atoms with Gasteiger partial charge in [0.15, 0.2) is 0 Å². The number of nitrogens with zero attached hydrogens (tertiary/aromatic N) is 2. The van der Waals surface area contributed by atoms with Crippen molar-refractivity contribution in [3.05, 3.63) is 30.1 Å². The van der Waals surface area contributed by atoms with Gasteiger partial charge >= 0.3 is 0 Å². The third kappa shape index (κ3) is 2.66. The Balaban J connectivity index is 1.97. The van der Waals surface area contributed by atoms with E-state index in [1.807, 2.05) is 12.1 Å². The minimum atomic E-state index is -0.930. The summed E-state index contributed by atoms with van der Waals surface area (Å²) in [5.41, 5.74) is -0.00788. The van der Waals surface area contributed by atoms with Crippen LogP contribution in [-0.2, 0) is 16.1 Å². The Morgan fingerprint density at radius 2 is 2.33 bits per heavy atom. The number of ether oxygens (including phenoxy) is 1. The minimum Gasteiger partial charge on any atom is -0.381 e. The molecule has 5 heteroatoms. The van der Waals surface area contributed by atoms with Gasteiger partial charge < -0.3 is 10.1 Å². The number of aromatic nitrogens is 1. The van der Waals surface area contributed by atoms with Crippen LogP contribution in [0.2, 0.25) is 0 Å². The zero-order valence-electron chi connectivity index (χ0n) is 10.1. The van der Waals surface area contributed by atoms with Crippen LogP contribution >= 0.6 is 0 Å². The molecule has 1 amide bonds. The summed E-state index contributed by atoms with van der Waals surface area (Å²) in [6, 6.07) is 5.85. The van der Waals surface area contributed by atoms with E-state index in [2.05, 4.69) is 16.4 Å². The maximum absolute atomic E-state index is 12.1. The van der Waals surface area contributed by atoms with E-state index in [0.29, 0.717) is 32.6 Å². The summed E-state index contributed by atoms with van der Waals surface area (Å²) in [5, 5.41) is 12.0. The van der Waals surface area contributed by atoms with E-state index in [-0.39, 0.29) is 5.91 Å². The lowest BCUT2D eigenvalue weighted by Crippen LogP contribution is -2.43. The third-order valence-corrected chi connectivity index (χ3v) is 3.17. The third-order valence-electron chi connectivity index (χ3n) is 3.17. The van der Waals surface area contributed by atoms with Gasteiger partial charge in [-0.2, -0.15) is 5.26 Å². The molecule has 0 saturated carbocycles. The van der Waals surface area contributed by atoms with Crippen molar-refractivity contribution in [3.63, 3.8) is 0 Å². The maximum Gasteiger partial charge on any atom is 0.240 e. The number of nitriles is 1. The number of carbonyl (C=O) groups excluding carboxylic acids is 1. The van der Waals surface area contributed by atoms with E-state index in [0.717, 1.165) is 5.56 Å². The first-order valence-corrected chi connectivity index (χ1v) is 5.93. The number of rotatable bonds is 3. The lowest BCUT2D eigenvalue weighted by molar-refractivity contribution is -0.132. The summed E-state index contributed by atoms with van der Waals surface area (Å²) in [6.45, 7) is 1.33. The Morgan fingerprint density at radius 1 is 1.56 bits per heavy atom. The Kier molecular flexibility index (Phi) is 3.90. The van der Waals surface area contributed by atoms with Crippen molar-refractivity contribution in [2.45, 2.75) is 19.4 Å². The molecule has 1 N–H and O–H groups in total. The summed E-state index contributed by atoms with van der Waals surface area (Å²) < 4.78 is 5.20. The van der Waals surface area contributed by atoms with Gasteiger partial charge in [0.1, 0.15) is 5.41 Å². The molecule has 1 aromatic rings. The first-order chi connectivity index (χ1) is 8.77. The normalized spacial score (nSPS) is 17.7. The molecular weight excluding hydrogens is 230 g/mol. The molecule has 94 valence electrons. The van der Waals surface area contributed by atoms with E-state index in [9.17, 15) is 10.1 Å². The molecule has 0 aromatic carbocycles. The second kappa shape index (κ2) is 5.61. The number of pyridine rings is 1. The van der Waals surface area contributed by atoms with E-state index in [1.54, 1.807) is 12.4 Å². The van der Waals surface area contributed by atoms with Gasteiger partial charge in [-0.3, -0.25) is 9.78 Å². The summed E-state index contributed by atoms with van der Waals surface area (Å²) in [4.78, 5) is 16.1. The lowest BCUT2D eigenvalue weighted by Gasteiger charge is -2.29. The van der Waals surface area contributed by atoms with E-state index in [4.69, 9.17) is 4.74 Å². The molecule has 0 unspecified atom stereocenters. The fraction of sp³-hybridized carbons (Fsp3) is 0.462. The first kappa shape index (κ1) is 12.5. The zero-order valence-corrected chi connectivity index (χ0v) is 10.1. The van der Waals surface area contributed by atoms with E-state index < -0.39 is 5.41 Å². The van der Waals surface area contributed by atoms with Crippen LogP contribution in [0.1, 0.15) is 18.4 Å². The minimum absolute atomic E-state index is 0.211. The molecule has 1 fully saturated rings. The summed E-state index contributed by atoms with van der Waals surface area (Å²) >= 11 is 0. The van der Waals surface area contributed by atoms with Crippen LogP contribution in [0.25, 0.3) is 0 Å². The largest absolute Gasteiger partial charge is 0.381 e. The van der Waals surface area contributed by atoms with Crippen LogP contribution in [0.15, 0.2) is 24.5 Å². The van der Waals surface area contributed by atoms with Gasteiger partial charge in [-0.1, -0.05) is 6.07 Å². The van der Waals surface area contributed by atoms with Crippen molar-refractivity contribution >= 4 is 5.91 Å². The molecule has 2 heterocycles. The number of carbonyl (C=O) groups is 1. The van der Waals surface area contributed by atoms with Crippen LogP contribution in [0.5, 0.6) is 0 Å². The monoisotopic (exact) mass is 245 g/mol. The van der Waals surface area contributed by atoms with Gasteiger partial charge in [0.2, 0.25) is 5.91 Å². The number of nitrogens with one attached hydrogen (secondary N) is 1. The van der Waals surface area contributed by atoms with Crippen molar-refractivity contribution in [2.75, 3.05) is 13.2 Å². The average molecular weight is 245 g/mol. The van der Waals surface area contributed by atoms with Crippen LogP contribution in [0.3, 0.4) is 0 Å². The van der Waals surface area contributed by atoms with Crippen molar-refractivity contribution in [1.29, 1.82) is 5.26 Å². The molecule has 0 spiro atoms. The SMILES string of the molecule is N#CC1(C(=O)NCc2cccnc2)CCOCC1. The van der Waals surface area contributed by atoms with Gasteiger partial charge in [0.05, 0.1) is 6.07 Å². The first-order valence-electron chi connectivity index (χ1n) is 5.93. The Hall–Kier alpha value is -1.93. The van der Waals surface area contributed by atoms with Crippen molar-refractivity contribution < 1.29 is 9.53 Å². The second-order valence-corrected chi connectivity index (χ2v) is 4.35. The van der Waals surface area contributed by atoms with Gasteiger partial charge in [0.25, 0.3) is 0 Å². The molecule has 1 aliphatic heterocycles. The van der Waals surface area contributed by atoms with Gasteiger partial charge in [-0.15, -0.1) is 0 Å². The predicted molar refractivity (Wildman–Crippen MR) is 64.2 cm³/mol. The summed E-state index contributed by atoms with van der Waals surface area (Å²) in [6.07, 6.45) is 4.30. The van der Waals surface area contributed by atoms with Crippen LogP contribution in [0.4, 0.5) is 0 Å². The van der Waals surface area contributed by atoms with Crippen molar-refractivity contribution in [2.24, 2.45) is 5.41 Å². The number of hydrogen-bond donors (Lipinski definition) is 1. The summed E-state index contributed by atoms with van der Waals surface area (Å²) in [5.74, 6) is -0.211. The molecule has 0 bridgehead atoms. The summed E-state index contributed by atoms with van der Waals surface area (Å²) in [7, 11) is 0. The zero-order chi connectivity index (χ0) is 12.8. The molecule has 18 heavy (non-hydrogen) atoms. The highest BCUT2D eigenvalue weighted by Gasteiger charge is 2.40. The molecule has 2 rings (SSSR count). The smallest absolute Gasteiger partial charge is 0.240 e. The highest BCUT2D eigenvalue weighted by Crippen LogP contribution is 2.29. The molecule has 1 aromatic heterocycles. The molecular formula is C13H15N3O2. The fourth-order valence-electron chi connectivity index (χ4n) is 1.96. The van der Waals surface area contributed by atoms with Crippen LogP contribution in [-0.4, -0.2) is 24.1 Å². The van der Waals surface area contributed by atoms with Gasteiger partial charge in [0, 0.05) is 32.2 Å². The van der Waals surface area contributed by atoms with Crippen LogP contribution < -0.4 is 5.32 Å². The van der Waals surface area contributed by atoms with Crippen LogP contribution in [0, 0.1) is 16.7 Å². The number of amides is 1. The Bertz CT molecular complexity index is 447. The van der Waals surface area contributed by atoms with E-state index >= 15 is 0 Å². The van der Waals surface area contributed by atoms with Crippen molar-refractivity contribution in [3.8, 4) is 6.07 Å². The standard InChI is InChI=1S/C13H15N3O2/c14-10-13(3-6-18-7-4-13)12(17)16-9-11-2-1-5-15-8-11/h1-2,5,8H,3-4,6-7,9H2,(H,16,17). The highest BCUT2D eigenvalue weighted by atomic mass is 16.5. The predicted octanol–water partition coefficient (Wildman–Crippen LogP) is 1.02. The Morgan fingerprint density at radius 3 is 2.94 bits per heavy atom. The molecule has 1 saturated heterocycles. The number of hydrogen-bond acceptors (Lipinski definition) is 4. The molecule has 5 nitrogen and oxygen atoms in total. The maximum atomic E-state index is 12.1. The fourth-order valence-corrected chi connectivity index (χ4v) is 1.96. The highest BCUT2D eigenvalue weighted by molar-refractivity contribution is 5.85. The van der Waals surface area contributed by atoms with E-state index in [1.165, 1.54) is 0 Å².